The van der Waals surface area contributed by atoms with E-state index in [1.54, 1.807) is 24.3 Å². The number of hydrogen-bond donors (Lipinski definition) is 0. The van der Waals surface area contributed by atoms with E-state index in [2.05, 4.69) is 11.8 Å². The van der Waals surface area contributed by atoms with Crippen molar-refractivity contribution in [3.63, 3.8) is 0 Å². The van der Waals surface area contributed by atoms with Gasteiger partial charge in [-0.1, -0.05) is 66.4 Å². The lowest BCUT2D eigenvalue weighted by atomic mass is 10.3. The van der Waals surface area contributed by atoms with Crippen LogP contribution < -0.4 is 25.4 Å². The van der Waals surface area contributed by atoms with Crippen LogP contribution in [0.2, 0.25) is 0 Å². The second kappa shape index (κ2) is 9.01. The standard InChI is InChI=1S/C24H19O3P/c1-3-16-26-20-10-8-14-23(18-20)28(25,22-12-6-5-7-13-22)24-15-9-11-21(19-24)27-17-4-2/h1-2,5-15,18-19H,16-17H2. The van der Waals surface area contributed by atoms with Crippen LogP contribution in [0.15, 0.2) is 78.9 Å². The van der Waals surface area contributed by atoms with Crippen LogP contribution in [0.5, 0.6) is 11.5 Å². The lowest BCUT2D eigenvalue weighted by molar-refractivity contribution is 0.370. The number of hydrogen-bond acceptors (Lipinski definition) is 3. The van der Waals surface area contributed by atoms with Gasteiger partial charge in [0.15, 0.2) is 7.14 Å². The first-order chi connectivity index (χ1) is 13.7. The predicted octanol–water partition coefficient (Wildman–Crippen LogP) is 3.35. The zero-order chi connectivity index (χ0) is 19.8. The Hall–Kier alpha value is -3.39. The average molecular weight is 386 g/mol. The molecule has 0 bridgehead atoms. The summed E-state index contributed by atoms with van der Waals surface area (Å²) in [6, 6.07) is 23.8. The normalized spacial score (nSPS) is 10.5. The average Bonchev–Trinajstić information content (AvgIpc) is 2.76. The van der Waals surface area contributed by atoms with Gasteiger partial charge in [-0.2, -0.15) is 0 Å². The molecule has 0 N–H and O–H groups in total. The fourth-order valence-corrected chi connectivity index (χ4v) is 5.57. The summed E-state index contributed by atoms with van der Waals surface area (Å²) in [5, 5.41) is 2.03. The molecule has 0 saturated carbocycles. The minimum Gasteiger partial charge on any atom is -0.481 e. The Bertz CT molecular complexity index is 1010. The first-order valence-electron chi connectivity index (χ1n) is 8.68. The highest BCUT2D eigenvalue weighted by Crippen LogP contribution is 2.43. The SMILES string of the molecule is C#CCOc1cccc(P(=O)(c2ccccc2)c2cccc(OCC#C)c2)c1. The predicted molar refractivity (Wildman–Crippen MR) is 114 cm³/mol. The van der Waals surface area contributed by atoms with Crippen molar-refractivity contribution in [1.82, 2.24) is 0 Å². The topological polar surface area (TPSA) is 35.5 Å². The van der Waals surface area contributed by atoms with Gasteiger partial charge >= 0.3 is 0 Å². The van der Waals surface area contributed by atoms with Gasteiger partial charge < -0.3 is 14.0 Å². The van der Waals surface area contributed by atoms with Crippen molar-refractivity contribution >= 4 is 23.1 Å². The summed E-state index contributed by atoms with van der Waals surface area (Å²) < 4.78 is 25.5. The van der Waals surface area contributed by atoms with Crippen LogP contribution in [0.3, 0.4) is 0 Å². The zero-order valence-electron chi connectivity index (χ0n) is 15.2. The molecule has 0 spiro atoms. The van der Waals surface area contributed by atoms with Gasteiger partial charge in [-0.15, -0.1) is 12.8 Å². The maximum Gasteiger partial charge on any atom is 0.171 e. The lowest BCUT2D eigenvalue weighted by Crippen LogP contribution is -2.25. The molecular formula is C24H19O3P. The molecule has 0 amide bonds. The molecule has 4 heteroatoms. The number of ether oxygens (including phenoxy) is 2. The van der Waals surface area contributed by atoms with Crippen LogP contribution >= 0.6 is 7.14 Å². The van der Waals surface area contributed by atoms with Crippen molar-refractivity contribution in [2.24, 2.45) is 0 Å². The van der Waals surface area contributed by atoms with E-state index < -0.39 is 7.14 Å². The van der Waals surface area contributed by atoms with Gasteiger partial charge in [-0.25, -0.2) is 0 Å². The summed E-state index contributed by atoms with van der Waals surface area (Å²) in [6.45, 7) is 0.295. The molecule has 138 valence electrons. The molecule has 0 fully saturated rings. The van der Waals surface area contributed by atoms with Crippen molar-refractivity contribution in [2.75, 3.05) is 13.2 Å². The molecule has 0 heterocycles. The molecule has 0 aromatic heterocycles. The smallest absolute Gasteiger partial charge is 0.171 e. The van der Waals surface area contributed by atoms with E-state index in [-0.39, 0.29) is 13.2 Å². The minimum atomic E-state index is -3.16. The molecule has 3 aromatic carbocycles. The first-order valence-corrected chi connectivity index (χ1v) is 10.4. The van der Waals surface area contributed by atoms with Crippen LogP contribution in [0.4, 0.5) is 0 Å². The Morgan fingerprint density at radius 3 is 1.61 bits per heavy atom. The highest BCUT2D eigenvalue weighted by molar-refractivity contribution is 7.85. The Kier molecular flexibility index (Phi) is 6.23. The molecule has 3 rings (SSSR count). The third-order valence-corrected chi connectivity index (χ3v) is 7.16. The number of benzene rings is 3. The van der Waals surface area contributed by atoms with E-state index in [9.17, 15) is 4.57 Å². The van der Waals surface area contributed by atoms with Gasteiger partial charge in [0.1, 0.15) is 24.7 Å². The number of terminal acetylenes is 2. The van der Waals surface area contributed by atoms with Crippen molar-refractivity contribution in [2.45, 2.75) is 0 Å². The summed E-state index contributed by atoms with van der Waals surface area (Å²) in [4.78, 5) is 0. The summed E-state index contributed by atoms with van der Waals surface area (Å²) in [5.41, 5.74) is 0. The van der Waals surface area contributed by atoms with E-state index in [1.807, 2.05) is 54.6 Å². The van der Waals surface area contributed by atoms with E-state index in [4.69, 9.17) is 22.3 Å². The third kappa shape index (κ3) is 4.12. The summed E-state index contributed by atoms with van der Waals surface area (Å²) in [6.07, 6.45) is 10.6. The van der Waals surface area contributed by atoms with E-state index in [1.165, 1.54) is 0 Å². The largest absolute Gasteiger partial charge is 0.481 e. The molecule has 0 aliphatic carbocycles. The fraction of sp³-hybridized carbons (Fsp3) is 0.0833. The summed E-state index contributed by atoms with van der Waals surface area (Å²) in [5.74, 6) is 6.03. The third-order valence-electron chi connectivity index (χ3n) is 4.13. The van der Waals surface area contributed by atoms with Gasteiger partial charge in [0.05, 0.1) is 0 Å². The molecule has 0 aliphatic rings. The van der Waals surface area contributed by atoms with Gasteiger partial charge in [-0.05, 0) is 24.3 Å². The van der Waals surface area contributed by atoms with Crippen molar-refractivity contribution in [3.8, 4) is 36.2 Å². The molecule has 3 nitrogen and oxygen atoms in total. The van der Waals surface area contributed by atoms with Crippen LogP contribution in [0.25, 0.3) is 0 Å². The maximum absolute atomic E-state index is 14.5. The van der Waals surface area contributed by atoms with Crippen molar-refractivity contribution in [3.05, 3.63) is 78.9 Å². The van der Waals surface area contributed by atoms with Crippen LogP contribution in [-0.4, -0.2) is 13.2 Å². The Balaban J connectivity index is 2.15. The Morgan fingerprint density at radius 2 is 1.14 bits per heavy atom. The molecule has 0 unspecified atom stereocenters. The molecule has 28 heavy (non-hydrogen) atoms. The van der Waals surface area contributed by atoms with Crippen molar-refractivity contribution < 1.29 is 14.0 Å². The fourth-order valence-electron chi connectivity index (χ4n) is 2.87. The second-order valence-electron chi connectivity index (χ2n) is 5.93. The second-order valence-corrected chi connectivity index (χ2v) is 8.69. The lowest BCUT2D eigenvalue weighted by Gasteiger charge is -2.21. The maximum atomic E-state index is 14.5. The highest BCUT2D eigenvalue weighted by atomic mass is 31.2. The molecule has 0 atom stereocenters. The van der Waals surface area contributed by atoms with E-state index in [0.717, 1.165) is 5.30 Å². The van der Waals surface area contributed by atoms with Crippen LogP contribution in [-0.2, 0) is 4.57 Å². The summed E-state index contributed by atoms with van der Waals surface area (Å²) in [7, 11) is -3.16. The molecule has 0 radical (unpaired) electrons. The van der Waals surface area contributed by atoms with Gasteiger partial charge in [0, 0.05) is 15.9 Å². The monoisotopic (exact) mass is 386 g/mol. The molecule has 3 aromatic rings. The quantitative estimate of drug-likeness (QED) is 0.462. The Labute approximate surface area is 165 Å². The zero-order valence-corrected chi connectivity index (χ0v) is 16.1. The van der Waals surface area contributed by atoms with Gasteiger partial charge in [-0.3, -0.25) is 0 Å². The van der Waals surface area contributed by atoms with Gasteiger partial charge in [0.2, 0.25) is 0 Å². The molecule has 0 saturated heterocycles. The minimum absolute atomic E-state index is 0.147. The number of rotatable bonds is 7. The Morgan fingerprint density at radius 1 is 0.679 bits per heavy atom. The molecular weight excluding hydrogens is 367 g/mol. The van der Waals surface area contributed by atoms with Crippen LogP contribution in [0.1, 0.15) is 0 Å². The van der Waals surface area contributed by atoms with E-state index in [0.29, 0.717) is 22.1 Å². The van der Waals surface area contributed by atoms with E-state index >= 15 is 0 Å². The highest BCUT2D eigenvalue weighted by Gasteiger charge is 2.30. The van der Waals surface area contributed by atoms with Gasteiger partial charge in [0.25, 0.3) is 0 Å². The molecule has 0 aliphatic heterocycles. The summed E-state index contributed by atoms with van der Waals surface area (Å²) >= 11 is 0. The first kappa shape index (κ1) is 19.4. The van der Waals surface area contributed by atoms with Crippen LogP contribution in [0, 0.1) is 24.7 Å². The van der Waals surface area contributed by atoms with Crippen molar-refractivity contribution in [1.29, 1.82) is 0 Å².